The van der Waals surface area contributed by atoms with Gasteiger partial charge in [0.1, 0.15) is 0 Å². The fraction of sp³-hybridized carbons (Fsp3) is 0.304. The third-order valence-electron chi connectivity index (χ3n) is 4.81. The van der Waals surface area contributed by atoms with Crippen LogP contribution in [-0.2, 0) is 17.6 Å². The molecule has 3 rings (SSSR count). The number of benzene rings is 2. The van der Waals surface area contributed by atoms with E-state index in [4.69, 9.17) is 9.47 Å². The van der Waals surface area contributed by atoms with E-state index >= 15 is 0 Å². The number of aromatic amines is 1. The second kappa shape index (κ2) is 10.7. The van der Waals surface area contributed by atoms with Crippen LogP contribution in [0.15, 0.2) is 53.3 Å². The Balaban J connectivity index is 1.52. The van der Waals surface area contributed by atoms with Gasteiger partial charge in [0, 0.05) is 20.0 Å². The highest BCUT2D eigenvalue weighted by Crippen LogP contribution is 2.30. The Morgan fingerprint density at radius 1 is 1.13 bits per heavy atom. The smallest absolute Gasteiger partial charge is 0.307 e. The van der Waals surface area contributed by atoms with Crippen molar-refractivity contribution in [3.8, 4) is 17.4 Å². The molecule has 0 fully saturated rings. The van der Waals surface area contributed by atoms with Crippen LogP contribution in [0.2, 0.25) is 0 Å². The first-order chi connectivity index (χ1) is 15.0. The maximum atomic E-state index is 12.3. The molecule has 0 unspecified atom stereocenters. The molecule has 164 valence electrons. The standard InChI is InChI=1S/C23H26N2O5S/c1-25(21(26)15-16-7-4-3-5-8-16)11-6-12-30-19-13-17(9-10-18(19)29-2)14-20-22(27)24-23(28)31-20/h3-5,7-10,13,27H,6,11-12,14-15H2,1-2H3,(H,24,28). The molecule has 0 aliphatic heterocycles. The number of nitrogens with one attached hydrogen (secondary N) is 1. The number of amides is 1. The van der Waals surface area contributed by atoms with Crippen molar-refractivity contribution in [2.24, 2.45) is 0 Å². The summed E-state index contributed by atoms with van der Waals surface area (Å²) in [4.78, 5) is 28.1. The average Bonchev–Trinajstić information content (AvgIpc) is 3.08. The van der Waals surface area contributed by atoms with E-state index in [9.17, 15) is 14.7 Å². The quantitative estimate of drug-likeness (QED) is 0.471. The van der Waals surface area contributed by atoms with Gasteiger partial charge in [-0.3, -0.25) is 14.6 Å². The Morgan fingerprint density at radius 3 is 2.58 bits per heavy atom. The van der Waals surface area contributed by atoms with Crippen LogP contribution in [-0.4, -0.2) is 48.2 Å². The van der Waals surface area contributed by atoms with Crippen LogP contribution >= 0.6 is 11.3 Å². The first-order valence-corrected chi connectivity index (χ1v) is 10.8. The minimum atomic E-state index is -0.289. The summed E-state index contributed by atoms with van der Waals surface area (Å²) in [5, 5.41) is 9.79. The molecule has 1 heterocycles. The van der Waals surface area contributed by atoms with Crippen LogP contribution in [0.3, 0.4) is 0 Å². The van der Waals surface area contributed by atoms with E-state index in [1.807, 2.05) is 42.5 Å². The molecule has 0 saturated carbocycles. The minimum Gasteiger partial charge on any atom is -0.494 e. The van der Waals surface area contributed by atoms with Gasteiger partial charge in [0.2, 0.25) is 11.8 Å². The molecule has 0 aliphatic carbocycles. The zero-order valence-electron chi connectivity index (χ0n) is 17.6. The molecule has 2 N–H and O–H groups in total. The average molecular weight is 443 g/mol. The second-order valence-electron chi connectivity index (χ2n) is 7.13. The Kier molecular flexibility index (Phi) is 7.72. The highest BCUT2D eigenvalue weighted by Gasteiger charge is 2.12. The second-order valence-corrected chi connectivity index (χ2v) is 8.20. The first kappa shape index (κ1) is 22.4. The summed E-state index contributed by atoms with van der Waals surface area (Å²) in [6.07, 6.45) is 1.46. The van der Waals surface area contributed by atoms with E-state index in [0.717, 1.165) is 22.5 Å². The molecule has 8 heteroatoms. The molecule has 1 aromatic heterocycles. The number of hydrogen-bond donors (Lipinski definition) is 2. The fourth-order valence-corrected chi connectivity index (χ4v) is 3.87. The molecule has 0 saturated heterocycles. The molecule has 31 heavy (non-hydrogen) atoms. The van der Waals surface area contributed by atoms with E-state index in [-0.39, 0.29) is 16.7 Å². The van der Waals surface area contributed by atoms with Crippen LogP contribution < -0.4 is 14.3 Å². The van der Waals surface area contributed by atoms with Crippen molar-refractivity contribution in [3.05, 3.63) is 74.2 Å². The van der Waals surface area contributed by atoms with Gasteiger partial charge in [0.25, 0.3) is 0 Å². The third-order valence-corrected chi connectivity index (χ3v) is 5.68. The predicted octanol–water partition coefficient (Wildman–Crippen LogP) is 3.21. The molecule has 0 radical (unpaired) electrons. The number of H-pyrrole nitrogens is 1. The maximum Gasteiger partial charge on any atom is 0.307 e. The maximum absolute atomic E-state index is 12.3. The number of nitrogens with zero attached hydrogens (tertiary/aromatic N) is 1. The zero-order chi connectivity index (χ0) is 22.2. The summed E-state index contributed by atoms with van der Waals surface area (Å²) in [6.45, 7) is 1.00. The number of ether oxygens (including phenoxy) is 2. The van der Waals surface area contributed by atoms with E-state index < -0.39 is 0 Å². The largest absolute Gasteiger partial charge is 0.494 e. The van der Waals surface area contributed by atoms with Gasteiger partial charge < -0.3 is 19.5 Å². The first-order valence-electron chi connectivity index (χ1n) is 9.95. The number of carbonyl (C=O) groups is 1. The lowest BCUT2D eigenvalue weighted by atomic mass is 10.1. The van der Waals surface area contributed by atoms with Crippen molar-refractivity contribution >= 4 is 17.2 Å². The zero-order valence-corrected chi connectivity index (χ0v) is 18.4. The van der Waals surface area contributed by atoms with E-state index in [2.05, 4.69) is 4.98 Å². The van der Waals surface area contributed by atoms with Crippen LogP contribution in [0.1, 0.15) is 22.4 Å². The molecule has 0 spiro atoms. The van der Waals surface area contributed by atoms with E-state index in [1.54, 1.807) is 25.1 Å². The number of aromatic nitrogens is 1. The molecule has 0 bridgehead atoms. The third kappa shape index (κ3) is 6.36. The Hall–Kier alpha value is -3.26. The van der Waals surface area contributed by atoms with Gasteiger partial charge >= 0.3 is 4.87 Å². The van der Waals surface area contributed by atoms with Crippen molar-refractivity contribution in [1.82, 2.24) is 9.88 Å². The highest BCUT2D eigenvalue weighted by molar-refractivity contribution is 7.09. The SMILES string of the molecule is COc1ccc(Cc2sc(=O)[nH]c2O)cc1OCCCN(C)C(=O)Cc1ccccc1. The lowest BCUT2D eigenvalue weighted by Crippen LogP contribution is -2.30. The molecule has 1 amide bonds. The van der Waals surface area contributed by atoms with Gasteiger partial charge in [-0.25, -0.2) is 0 Å². The Bertz CT molecular complexity index is 1060. The molecular weight excluding hydrogens is 416 g/mol. The minimum absolute atomic E-state index is 0.0658. The van der Waals surface area contributed by atoms with Gasteiger partial charge in [-0.15, -0.1) is 0 Å². The summed E-state index contributed by atoms with van der Waals surface area (Å²) < 4.78 is 11.3. The van der Waals surface area contributed by atoms with Gasteiger partial charge in [-0.2, -0.15) is 0 Å². The Labute approximate surface area is 184 Å². The van der Waals surface area contributed by atoms with Gasteiger partial charge in [-0.05, 0) is 29.7 Å². The van der Waals surface area contributed by atoms with Crippen molar-refractivity contribution < 1.29 is 19.4 Å². The number of hydrogen-bond acceptors (Lipinski definition) is 6. The van der Waals surface area contributed by atoms with Crippen LogP contribution in [0, 0.1) is 0 Å². The topological polar surface area (TPSA) is 91.9 Å². The normalized spacial score (nSPS) is 10.6. The number of carbonyl (C=O) groups excluding carboxylic acids is 1. The Morgan fingerprint density at radius 2 is 1.90 bits per heavy atom. The summed E-state index contributed by atoms with van der Waals surface area (Å²) in [5.41, 5.74) is 1.88. The number of aromatic hydroxyl groups is 1. The summed E-state index contributed by atoms with van der Waals surface area (Å²) >= 11 is 0.982. The highest BCUT2D eigenvalue weighted by atomic mass is 32.1. The number of likely N-dealkylation sites (N-methyl/N-ethyl adjacent to an activating group) is 1. The molecule has 2 aromatic carbocycles. The predicted molar refractivity (Wildman–Crippen MR) is 120 cm³/mol. The number of rotatable bonds is 10. The lowest BCUT2D eigenvalue weighted by Gasteiger charge is -2.18. The summed E-state index contributed by atoms with van der Waals surface area (Å²) in [6, 6.07) is 15.2. The molecule has 0 atom stereocenters. The molecular formula is C23H26N2O5S. The van der Waals surface area contributed by atoms with Crippen molar-refractivity contribution in [3.63, 3.8) is 0 Å². The summed E-state index contributed by atoms with van der Waals surface area (Å²) in [5.74, 6) is 1.15. The molecule has 7 nitrogen and oxygen atoms in total. The van der Waals surface area contributed by atoms with Gasteiger partial charge in [-0.1, -0.05) is 47.7 Å². The van der Waals surface area contributed by atoms with Crippen LogP contribution in [0.5, 0.6) is 17.4 Å². The van der Waals surface area contributed by atoms with Crippen LogP contribution in [0.4, 0.5) is 0 Å². The molecule has 3 aromatic rings. The summed E-state index contributed by atoms with van der Waals surface area (Å²) in [7, 11) is 3.36. The number of methoxy groups -OCH3 is 1. The fourth-order valence-electron chi connectivity index (χ4n) is 3.12. The molecule has 0 aliphatic rings. The van der Waals surface area contributed by atoms with Crippen LogP contribution in [0.25, 0.3) is 0 Å². The van der Waals surface area contributed by atoms with E-state index in [1.165, 1.54) is 0 Å². The number of thiazole rings is 1. The van der Waals surface area contributed by atoms with Crippen molar-refractivity contribution in [1.29, 1.82) is 0 Å². The van der Waals surface area contributed by atoms with Gasteiger partial charge in [0.05, 0.1) is 25.0 Å². The van der Waals surface area contributed by atoms with E-state index in [0.29, 0.717) is 48.8 Å². The lowest BCUT2D eigenvalue weighted by molar-refractivity contribution is -0.129. The monoisotopic (exact) mass is 442 g/mol. The van der Waals surface area contributed by atoms with Gasteiger partial charge in [0.15, 0.2) is 11.5 Å². The van der Waals surface area contributed by atoms with Crippen molar-refractivity contribution in [2.45, 2.75) is 19.3 Å². The van der Waals surface area contributed by atoms with Crippen molar-refractivity contribution in [2.75, 3.05) is 27.3 Å².